The Morgan fingerprint density at radius 1 is 1.86 bits per heavy atom. The van der Waals surface area contributed by atoms with E-state index in [0.29, 0.717) is 18.3 Å². The maximum atomic E-state index is 9.74. The average molecular weight is 100 g/mol. The number of rotatable bonds is 2. The van der Waals surface area contributed by atoms with Crippen molar-refractivity contribution in [1.29, 1.82) is 0 Å². The van der Waals surface area contributed by atoms with E-state index in [1.54, 1.807) is 6.92 Å². The van der Waals surface area contributed by atoms with Gasteiger partial charge in [-0.3, -0.25) is 4.79 Å². The van der Waals surface area contributed by atoms with E-state index in [2.05, 4.69) is 0 Å². The molecular weight excluding hydrogens is 92.1 g/mol. The van der Waals surface area contributed by atoms with E-state index >= 15 is 0 Å². The zero-order chi connectivity index (χ0) is 5.70. The highest BCUT2D eigenvalue weighted by Crippen LogP contribution is 1.90. The summed E-state index contributed by atoms with van der Waals surface area (Å²) in [6, 6.07) is 0. The largest absolute Gasteiger partial charge is 0.515 e. The highest BCUT2D eigenvalue weighted by Gasteiger charge is 1.84. The van der Waals surface area contributed by atoms with Crippen LogP contribution in [0.3, 0.4) is 0 Å². The Balaban J connectivity index is 3.60. The molecule has 1 N–H and O–H groups in total. The lowest BCUT2D eigenvalue weighted by molar-refractivity contribution is -0.105. The first-order valence-corrected chi connectivity index (χ1v) is 2.13. The van der Waals surface area contributed by atoms with E-state index in [1.807, 2.05) is 0 Å². The van der Waals surface area contributed by atoms with Crippen molar-refractivity contribution in [3.63, 3.8) is 0 Å². The number of carbonyl (C=O) groups is 1. The van der Waals surface area contributed by atoms with Gasteiger partial charge in [-0.1, -0.05) is 6.92 Å². The second kappa shape index (κ2) is 3.40. The van der Waals surface area contributed by atoms with Crippen molar-refractivity contribution in [3.05, 3.63) is 11.8 Å². The van der Waals surface area contributed by atoms with Crippen LogP contribution in [0.15, 0.2) is 11.8 Å². The first-order valence-electron chi connectivity index (χ1n) is 2.13. The first-order chi connectivity index (χ1) is 3.35. The van der Waals surface area contributed by atoms with Gasteiger partial charge >= 0.3 is 0 Å². The molecule has 0 aromatic rings. The second-order valence-electron chi connectivity index (χ2n) is 1.18. The first kappa shape index (κ1) is 6.21. The summed E-state index contributed by atoms with van der Waals surface area (Å²) >= 11 is 0. The fourth-order valence-electron chi connectivity index (χ4n) is 0.205. The van der Waals surface area contributed by atoms with Crippen LogP contribution in [-0.4, -0.2) is 11.4 Å². The van der Waals surface area contributed by atoms with E-state index in [9.17, 15) is 4.79 Å². The maximum absolute atomic E-state index is 9.74. The Kier molecular flexibility index (Phi) is 3.02. The number of aliphatic hydroxyl groups excluding tert-OH is 1. The van der Waals surface area contributed by atoms with Gasteiger partial charge in [0.1, 0.15) is 6.29 Å². The Bertz CT molecular complexity index is 84.1. The topological polar surface area (TPSA) is 37.3 Å². The van der Waals surface area contributed by atoms with Crippen LogP contribution in [0.1, 0.15) is 13.3 Å². The third-order valence-corrected chi connectivity index (χ3v) is 0.725. The molecule has 0 amide bonds. The highest BCUT2D eigenvalue weighted by atomic mass is 16.2. The number of allylic oxidation sites excluding steroid dienone is 1. The van der Waals surface area contributed by atoms with Crippen LogP contribution in [0.4, 0.5) is 0 Å². The lowest BCUT2D eigenvalue weighted by Gasteiger charge is -1.83. The second-order valence-corrected chi connectivity index (χ2v) is 1.18. The predicted molar refractivity (Wildman–Crippen MR) is 27.1 cm³/mol. The van der Waals surface area contributed by atoms with Crippen LogP contribution in [-0.2, 0) is 4.79 Å². The van der Waals surface area contributed by atoms with Gasteiger partial charge in [0.2, 0.25) is 0 Å². The summed E-state index contributed by atoms with van der Waals surface area (Å²) in [5.41, 5.74) is 0.431. The minimum atomic E-state index is 0.431. The van der Waals surface area contributed by atoms with Crippen LogP contribution < -0.4 is 0 Å². The Morgan fingerprint density at radius 2 is 2.43 bits per heavy atom. The van der Waals surface area contributed by atoms with Gasteiger partial charge in [0, 0.05) is 5.57 Å². The van der Waals surface area contributed by atoms with Crippen LogP contribution in [0.5, 0.6) is 0 Å². The van der Waals surface area contributed by atoms with Gasteiger partial charge in [0.15, 0.2) is 0 Å². The molecule has 40 valence electrons. The molecule has 2 heteroatoms. The smallest absolute Gasteiger partial charge is 0.149 e. The lowest BCUT2D eigenvalue weighted by atomic mass is 10.3. The zero-order valence-electron chi connectivity index (χ0n) is 4.22. The van der Waals surface area contributed by atoms with Crippen LogP contribution in [0.25, 0.3) is 0 Å². The normalized spacial score (nSPS) is 11.3. The van der Waals surface area contributed by atoms with Gasteiger partial charge in [-0.05, 0) is 6.42 Å². The van der Waals surface area contributed by atoms with Crippen molar-refractivity contribution in [2.45, 2.75) is 13.3 Å². The minimum Gasteiger partial charge on any atom is -0.515 e. The molecule has 0 aromatic carbocycles. The average Bonchev–Trinajstić information content (AvgIpc) is 1.72. The molecule has 0 radical (unpaired) electrons. The molecule has 0 aromatic heterocycles. The molecule has 0 saturated heterocycles. The van der Waals surface area contributed by atoms with Gasteiger partial charge in [-0.2, -0.15) is 0 Å². The Labute approximate surface area is 42.5 Å². The van der Waals surface area contributed by atoms with Crippen molar-refractivity contribution < 1.29 is 9.90 Å². The molecule has 0 aliphatic carbocycles. The van der Waals surface area contributed by atoms with Gasteiger partial charge in [0.05, 0.1) is 6.26 Å². The van der Waals surface area contributed by atoms with Crippen LogP contribution in [0, 0.1) is 0 Å². The molecule has 0 unspecified atom stereocenters. The monoisotopic (exact) mass is 100 g/mol. The summed E-state index contributed by atoms with van der Waals surface area (Å²) in [6.45, 7) is 1.80. The minimum absolute atomic E-state index is 0.431. The molecule has 7 heavy (non-hydrogen) atoms. The molecule has 0 fully saturated rings. The van der Waals surface area contributed by atoms with E-state index in [0.717, 1.165) is 6.26 Å². The Hall–Kier alpha value is -0.790. The Morgan fingerprint density at radius 3 is 2.43 bits per heavy atom. The number of carbonyl (C=O) groups excluding carboxylic acids is 1. The quantitative estimate of drug-likeness (QED) is 0.320. The maximum Gasteiger partial charge on any atom is 0.149 e. The van der Waals surface area contributed by atoms with Gasteiger partial charge in [-0.25, -0.2) is 0 Å². The summed E-state index contributed by atoms with van der Waals surface area (Å²) in [6.07, 6.45) is 2.06. The van der Waals surface area contributed by atoms with Crippen LogP contribution >= 0.6 is 0 Å². The number of aldehydes is 1. The van der Waals surface area contributed by atoms with Crippen molar-refractivity contribution in [3.8, 4) is 0 Å². The summed E-state index contributed by atoms with van der Waals surface area (Å²) in [5.74, 6) is 0. The van der Waals surface area contributed by atoms with Gasteiger partial charge in [-0.15, -0.1) is 0 Å². The van der Waals surface area contributed by atoms with E-state index in [4.69, 9.17) is 5.11 Å². The van der Waals surface area contributed by atoms with E-state index in [1.165, 1.54) is 0 Å². The molecule has 0 spiro atoms. The van der Waals surface area contributed by atoms with Gasteiger partial charge < -0.3 is 5.11 Å². The third-order valence-electron chi connectivity index (χ3n) is 0.725. The standard InChI is InChI=1S/C5H8O2/c1-2-5(3-6)4-7/h3-4,6H,2H2,1H3/b5-3+. The summed E-state index contributed by atoms with van der Waals surface area (Å²) in [5, 5.41) is 8.13. The summed E-state index contributed by atoms with van der Waals surface area (Å²) in [4.78, 5) is 9.74. The molecule has 0 aliphatic rings. The predicted octanol–water partition coefficient (Wildman–Crippen LogP) is 1.04. The molecule has 0 rings (SSSR count). The van der Waals surface area contributed by atoms with Gasteiger partial charge in [0.25, 0.3) is 0 Å². The molecule has 0 aliphatic heterocycles. The van der Waals surface area contributed by atoms with Crippen molar-refractivity contribution in [2.75, 3.05) is 0 Å². The van der Waals surface area contributed by atoms with Crippen molar-refractivity contribution in [2.24, 2.45) is 0 Å². The highest BCUT2D eigenvalue weighted by molar-refractivity contribution is 5.72. The number of aliphatic hydroxyl groups is 1. The summed E-state index contributed by atoms with van der Waals surface area (Å²) < 4.78 is 0. The molecule has 2 nitrogen and oxygen atoms in total. The number of hydrogen-bond acceptors (Lipinski definition) is 2. The number of hydrogen-bond donors (Lipinski definition) is 1. The third kappa shape index (κ3) is 1.98. The molecular formula is C5H8O2. The lowest BCUT2D eigenvalue weighted by Crippen LogP contribution is -1.78. The molecule has 0 bridgehead atoms. The fraction of sp³-hybridized carbons (Fsp3) is 0.400. The fourth-order valence-corrected chi connectivity index (χ4v) is 0.205. The van der Waals surface area contributed by atoms with E-state index < -0.39 is 0 Å². The zero-order valence-corrected chi connectivity index (χ0v) is 4.22. The molecule has 0 atom stereocenters. The summed E-state index contributed by atoms with van der Waals surface area (Å²) in [7, 11) is 0. The SMILES string of the molecule is CC/C(C=O)=C\O. The van der Waals surface area contributed by atoms with Crippen molar-refractivity contribution in [1.82, 2.24) is 0 Å². The van der Waals surface area contributed by atoms with Crippen LogP contribution in [0.2, 0.25) is 0 Å². The molecule has 0 saturated carbocycles. The van der Waals surface area contributed by atoms with E-state index in [-0.39, 0.29) is 0 Å². The molecule has 0 heterocycles. The van der Waals surface area contributed by atoms with Crippen molar-refractivity contribution >= 4 is 6.29 Å².